The van der Waals surface area contributed by atoms with Gasteiger partial charge in [0.15, 0.2) is 0 Å². The second-order valence-electron chi connectivity index (χ2n) is 7.50. The summed E-state index contributed by atoms with van der Waals surface area (Å²) >= 11 is 0. The van der Waals surface area contributed by atoms with E-state index in [4.69, 9.17) is 4.74 Å². The number of amides is 1. The number of anilines is 1. The van der Waals surface area contributed by atoms with Crippen molar-refractivity contribution in [1.82, 2.24) is 10.3 Å². The minimum absolute atomic E-state index is 0.00642. The van der Waals surface area contributed by atoms with Gasteiger partial charge in [-0.25, -0.2) is 14.2 Å². The second kappa shape index (κ2) is 6.50. The van der Waals surface area contributed by atoms with E-state index >= 15 is 0 Å². The molecule has 1 fully saturated rings. The van der Waals surface area contributed by atoms with Gasteiger partial charge in [-0.2, -0.15) is 0 Å². The van der Waals surface area contributed by atoms with Gasteiger partial charge in [0.1, 0.15) is 16.9 Å². The number of aromatic nitrogens is 1. The summed E-state index contributed by atoms with van der Waals surface area (Å²) in [7, 11) is 0. The minimum Gasteiger partial charge on any atom is -0.444 e. The highest BCUT2D eigenvalue weighted by atomic mass is 19.1. The molecule has 1 amide bonds. The van der Waals surface area contributed by atoms with Gasteiger partial charge in [-0.05, 0) is 46.2 Å². The van der Waals surface area contributed by atoms with Gasteiger partial charge in [0.05, 0.1) is 6.04 Å². The monoisotopic (exact) mass is 345 g/mol. The molecule has 5 nitrogen and oxygen atoms in total. The van der Waals surface area contributed by atoms with Crippen LogP contribution in [0.4, 0.5) is 14.9 Å². The lowest BCUT2D eigenvalue weighted by Crippen LogP contribution is -2.40. The lowest BCUT2D eigenvalue weighted by molar-refractivity contribution is 0.0509. The number of benzene rings is 1. The molecule has 25 heavy (non-hydrogen) atoms. The van der Waals surface area contributed by atoms with Gasteiger partial charge in [0.2, 0.25) is 0 Å². The Bertz CT molecular complexity index is 801. The predicted molar refractivity (Wildman–Crippen MR) is 96.4 cm³/mol. The summed E-state index contributed by atoms with van der Waals surface area (Å²) in [4.78, 5) is 18.4. The average Bonchev–Trinajstić information content (AvgIpc) is 2.93. The third-order valence-electron chi connectivity index (χ3n) is 4.15. The van der Waals surface area contributed by atoms with Crippen LogP contribution in [-0.4, -0.2) is 35.8 Å². The molecule has 0 aliphatic carbocycles. The molecule has 6 heteroatoms. The van der Waals surface area contributed by atoms with Crippen molar-refractivity contribution in [2.45, 2.75) is 45.8 Å². The van der Waals surface area contributed by atoms with E-state index in [1.54, 1.807) is 6.07 Å². The Morgan fingerprint density at radius 2 is 2.16 bits per heavy atom. The van der Waals surface area contributed by atoms with Crippen LogP contribution < -0.4 is 10.2 Å². The van der Waals surface area contributed by atoms with Crippen LogP contribution in [0.25, 0.3) is 10.9 Å². The minimum atomic E-state index is -0.516. The normalized spacial score (nSPS) is 17.8. The number of carbonyl (C=O) groups is 1. The van der Waals surface area contributed by atoms with Crippen LogP contribution in [0.1, 0.15) is 32.9 Å². The average molecular weight is 345 g/mol. The summed E-state index contributed by atoms with van der Waals surface area (Å²) in [5.41, 5.74) is 1.60. The highest BCUT2D eigenvalue weighted by molar-refractivity contribution is 5.92. The first-order valence-corrected chi connectivity index (χ1v) is 8.53. The van der Waals surface area contributed by atoms with Crippen molar-refractivity contribution in [3.63, 3.8) is 0 Å². The Hall–Kier alpha value is -2.37. The molecule has 0 bridgehead atoms. The molecular weight excluding hydrogens is 321 g/mol. The number of para-hydroxylation sites is 1. The molecule has 3 rings (SSSR count). The van der Waals surface area contributed by atoms with Gasteiger partial charge in [0, 0.05) is 29.9 Å². The fraction of sp³-hybridized carbons (Fsp3) is 0.474. The van der Waals surface area contributed by atoms with Crippen LogP contribution in [0.2, 0.25) is 0 Å². The molecule has 1 aromatic carbocycles. The van der Waals surface area contributed by atoms with E-state index in [1.165, 1.54) is 6.07 Å². The predicted octanol–water partition coefficient (Wildman–Crippen LogP) is 3.79. The first kappa shape index (κ1) is 17.5. The molecule has 1 saturated heterocycles. The number of nitrogens with zero attached hydrogens (tertiary/aromatic N) is 2. The number of carbonyl (C=O) groups excluding carboxylic acids is 1. The first-order valence-electron chi connectivity index (χ1n) is 8.53. The number of hydrogen-bond donors (Lipinski definition) is 1. The first-order chi connectivity index (χ1) is 11.7. The van der Waals surface area contributed by atoms with Crippen LogP contribution in [-0.2, 0) is 4.74 Å². The number of pyridine rings is 1. The Morgan fingerprint density at radius 3 is 2.88 bits per heavy atom. The molecule has 1 aliphatic heterocycles. The van der Waals surface area contributed by atoms with Crippen LogP contribution >= 0.6 is 0 Å². The largest absolute Gasteiger partial charge is 0.444 e. The van der Waals surface area contributed by atoms with Gasteiger partial charge in [-0.1, -0.05) is 12.1 Å². The van der Waals surface area contributed by atoms with Crippen molar-refractivity contribution >= 4 is 22.7 Å². The Balaban J connectivity index is 1.78. The van der Waals surface area contributed by atoms with Crippen LogP contribution in [0, 0.1) is 12.7 Å². The van der Waals surface area contributed by atoms with Crippen molar-refractivity contribution in [2.75, 3.05) is 18.0 Å². The lowest BCUT2D eigenvalue weighted by atomic mass is 10.1. The summed E-state index contributed by atoms with van der Waals surface area (Å²) < 4.78 is 19.4. The fourth-order valence-electron chi connectivity index (χ4n) is 3.15. The van der Waals surface area contributed by atoms with Crippen molar-refractivity contribution < 1.29 is 13.9 Å². The van der Waals surface area contributed by atoms with E-state index in [9.17, 15) is 9.18 Å². The zero-order valence-corrected chi connectivity index (χ0v) is 15.1. The number of hydrogen-bond acceptors (Lipinski definition) is 4. The molecule has 1 atom stereocenters. The summed E-state index contributed by atoms with van der Waals surface area (Å²) in [5.74, 6) is -0.315. The topological polar surface area (TPSA) is 54.5 Å². The number of rotatable bonds is 2. The SMILES string of the molecule is Cc1cc(N2CC[C@H](NC(=O)OC(C)(C)C)C2)c2cccc(F)c2n1. The van der Waals surface area contributed by atoms with Gasteiger partial charge in [-0.15, -0.1) is 0 Å². The number of halogens is 1. The van der Waals surface area contributed by atoms with Crippen LogP contribution in [0.15, 0.2) is 24.3 Å². The highest BCUT2D eigenvalue weighted by Crippen LogP contribution is 2.30. The fourth-order valence-corrected chi connectivity index (χ4v) is 3.15. The molecule has 1 aromatic heterocycles. The van der Waals surface area contributed by atoms with Crippen molar-refractivity contribution in [1.29, 1.82) is 0 Å². The maximum absolute atomic E-state index is 14.1. The van der Waals surface area contributed by atoms with E-state index in [-0.39, 0.29) is 11.9 Å². The number of aryl methyl sites for hydroxylation is 1. The Kier molecular flexibility index (Phi) is 4.54. The molecule has 0 saturated carbocycles. The van der Waals surface area contributed by atoms with Gasteiger partial charge < -0.3 is 15.0 Å². The van der Waals surface area contributed by atoms with E-state index in [0.717, 1.165) is 29.7 Å². The summed E-state index contributed by atoms with van der Waals surface area (Å²) in [6.45, 7) is 8.83. The zero-order chi connectivity index (χ0) is 18.2. The number of nitrogens with one attached hydrogen (secondary N) is 1. The molecule has 2 aromatic rings. The van der Waals surface area contributed by atoms with Gasteiger partial charge >= 0.3 is 6.09 Å². The third-order valence-corrected chi connectivity index (χ3v) is 4.15. The maximum Gasteiger partial charge on any atom is 0.407 e. The number of fused-ring (bicyclic) bond motifs is 1. The van der Waals surface area contributed by atoms with E-state index in [0.29, 0.717) is 12.1 Å². The number of alkyl carbamates (subject to hydrolysis) is 1. The quantitative estimate of drug-likeness (QED) is 0.900. The zero-order valence-electron chi connectivity index (χ0n) is 15.1. The lowest BCUT2D eigenvalue weighted by Gasteiger charge is -2.23. The Morgan fingerprint density at radius 1 is 1.40 bits per heavy atom. The maximum atomic E-state index is 14.1. The highest BCUT2D eigenvalue weighted by Gasteiger charge is 2.27. The summed E-state index contributed by atoms with van der Waals surface area (Å²) in [6.07, 6.45) is 0.415. The molecule has 1 N–H and O–H groups in total. The molecule has 0 radical (unpaired) electrons. The molecular formula is C19H24FN3O2. The molecule has 2 heterocycles. The van der Waals surface area contributed by atoms with E-state index in [2.05, 4.69) is 15.2 Å². The smallest absolute Gasteiger partial charge is 0.407 e. The van der Waals surface area contributed by atoms with Crippen molar-refractivity contribution in [3.8, 4) is 0 Å². The molecule has 0 unspecified atom stereocenters. The number of ether oxygens (including phenoxy) is 1. The third kappa shape index (κ3) is 4.00. The van der Waals surface area contributed by atoms with E-state index < -0.39 is 11.7 Å². The standard InChI is InChI=1S/C19H24FN3O2/c1-12-10-16(14-6-5-7-15(20)17(14)21-12)23-9-8-13(11-23)22-18(24)25-19(2,3)4/h5-7,10,13H,8-9,11H2,1-4H3,(H,22,24)/t13-/m0/s1. The Labute approximate surface area is 147 Å². The van der Waals surface area contributed by atoms with Crippen LogP contribution in [0.5, 0.6) is 0 Å². The summed E-state index contributed by atoms with van der Waals surface area (Å²) in [6, 6.07) is 6.99. The van der Waals surface area contributed by atoms with Crippen molar-refractivity contribution in [2.24, 2.45) is 0 Å². The van der Waals surface area contributed by atoms with Crippen LogP contribution in [0.3, 0.4) is 0 Å². The molecule has 0 spiro atoms. The van der Waals surface area contributed by atoms with E-state index in [1.807, 2.05) is 39.8 Å². The van der Waals surface area contributed by atoms with Gasteiger partial charge in [0.25, 0.3) is 0 Å². The second-order valence-corrected chi connectivity index (χ2v) is 7.50. The van der Waals surface area contributed by atoms with Gasteiger partial charge in [-0.3, -0.25) is 0 Å². The summed E-state index contributed by atoms with van der Waals surface area (Å²) in [5, 5.41) is 3.71. The van der Waals surface area contributed by atoms with Crippen molar-refractivity contribution in [3.05, 3.63) is 35.8 Å². The molecule has 1 aliphatic rings. The molecule has 134 valence electrons.